The highest BCUT2D eigenvalue weighted by Gasteiger charge is 2.28. The summed E-state index contributed by atoms with van der Waals surface area (Å²) in [5, 5.41) is 15.6. The summed E-state index contributed by atoms with van der Waals surface area (Å²) in [4.78, 5) is 29.3. The number of hydrogen-bond donors (Lipinski definition) is 3. The molecule has 0 spiro atoms. The molecule has 0 aliphatic carbocycles. The van der Waals surface area contributed by atoms with Crippen LogP contribution in [-0.4, -0.2) is 53.6 Å². The first-order valence-corrected chi connectivity index (χ1v) is 8.72. The normalized spacial score (nSPS) is 19.3. The highest BCUT2D eigenvalue weighted by atomic mass is 16.3. The number of carbonyl (C=O) groups excluding carboxylic acids is 2. The number of likely N-dealkylation sites (tertiary alicyclic amines) is 1. The van der Waals surface area contributed by atoms with Gasteiger partial charge >= 0.3 is 0 Å². The number of rotatable bonds is 5. The highest BCUT2D eigenvalue weighted by molar-refractivity contribution is 6.02. The van der Waals surface area contributed by atoms with Crippen LogP contribution in [0.2, 0.25) is 0 Å². The number of nitrogens with zero attached hydrogens (tertiary/aromatic N) is 2. The van der Waals surface area contributed by atoms with Gasteiger partial charge in [0.2, 0.25) is 17.8 Å². The lowest BCUT2D eigenvalue weighted by atomic mass is 9.94. The summed E-state index contributed by atoms with van der Waals surface area (Å²) in [5.74, 6) is 0.364. The zero-order valence-corrected chi connectivity index (χ0v) is 14.1. The minimum Gasteiger partial charge on any atom is -0.373 e. The van der Waals surface area contributed by atoms with Crippen LogP contribution in [0.4, 0.5) is 0 Å². The Morgan fingerprint density at radius 2 is 2.04 bits per heavy atom. The van der Waals surface area contributed by atoms with E-state index in [4.69, 9.17) is 0 Å². The number of carbonyl (C=O) groups is 2. The van der Waals surface area contributed by atoms with E-state index in [1.807, 2.05) is 35.2 Å². The van der Waals surface area contributed by atoms with E-state index < -0.39 is 6.23 Å². The average Bonchev–Trinajstić information content (AvgIpc) is 3.05. The Kier molecular flexibility index (Phi) is 5.65. The van der Waals surface area contributed by atoms with Crippen molar-refractivity contribution in [2.45, 2.75) is 31.9 Å². The van der Waals surface area contributed by atoms with Gasteiger partial charge in [-0.15, -0.1) is 0 Å². The molecule has 0 unspecified atom stereocenters. The highest BCUT2D eigenvalue weighted by Crippen LogP contribution is 2.20. The van der Waals surface area contributed by atoms with E-state index >= 15 is 0 Å². The molecule has 0 aromatic heterocycles. The van der Waals surface area contributed by atoms with E-state index in [9.17, 15) is 14.7 Å². The monoisotopic (exact) mass is 344 g/mol. The lowest BCUT2D eigenvalue weighted by molar-refractivity contribution is -0.133. The maximum atomic E-state index is 12.3. The molecule has 1 aromatic carbocycles. The minimum atomic E-state index is -0.765. The van der Waals surface area contributed by atoms with Gasteiger partial charge in [-0.1, -0.05) is 30.3 Å². The predicted octanol–water partition coefficient (Wildman–Crippen LogP) is 0.252. The first-order chi connectivity index (χ1) is 12.1. The molecule has 2 heterocycles. The van der Waals surface area contributed by atoms with Gasteiger partial charge in [0.25, 0.3) is 0 Å². The van der Waals surface area contributed by atoms with Crippen LogP contribution in [0.1, 0.15) is 24.8 Å². The molecule has 1 atom stereocenters. The number of aryl methyl sites for hydroxylation is 1. The largest absolute Gasteiger partial charge is 0.373 e. The maximum Gasteiger partial charge on any atom is 0.248 e. The molecule has 134 valence electrons. The summed E-state index contributed by atoms with van der Waals surface area (Å²) < 4.78 is 0. The molecule has 25 heavy (non-hydrogen) atoms. The van der Waals surface area contributed by atoms with Crippen LogP contribution in [0.25, 0.3) is 0 Å². The van der Waals surface area contributed by atoms with Crippen LogP contribution in [0.5, 0.6) is 0 Å². The van der Waals surface area contributed by atoms with Crippen molar-refractivity contribution in [1.82, 2.24) is 15.5 Å². The number of nitrogens with one attached hydrogen (secondary N) is 2. The van der Waals surface area contributed by atoms with Crippen LogP contribution in [-0.2, 0) is 16.0 Å². The molecule has 1 aromatic rings. The fourth-order valence-electron chi connectivity index (χ4n) is 3.22. The second kappa shape index (κ2) is 8.11. The first-order valence-electron chi connectivity index (χ1n) is 8.72. The number of guanidine groups is 1. The van der Waals surface area contributed by atoms with E-state index in [2.05, 4.69) is 15.6 Å². The smallest absolute Gasteiger partial charge is 0.248 e. The molecule has 2 aliphatic rings. The summed E-state index contributed by atoms with van der Waals surface area (Å²) in [5.41, 5.74) is 1.17. The van der Waals surface area contributed by atoms with Gasteiger partial charge in [0.05, 0.1) is 0 Å². The van der Waals surface area contributed by atoms with Gasteiger partial charge in [0.15, 0.2) is 0 Å². The number of benzene rings is 1. The molecule has 0 radical (unpaired) electrons. The van der Waals surface area contributed by atoms with Gasteiger partial charge in [-0.25, -0.2) is 4.99 Å². The molecule has 2 amide bonds. The third-order valence-corrected chi connectivity index (χ3v) is 4.73. The molecule has 7 heteroatoms. The molecule has 0 saturated carbocycles. The van der Waals surface area contributed by atoms with Crippen molar-refractivity contribution in [1.29, 1.82) is 0 Å². The molecular weight excluding hydrogens is 320 g/mol. The van der Waals surface area contributed by atoms with Crippen molar-refractivity contribution < 1.29 is 14.7 Å². The molecule has 3 N–H and O–H groups in total. The summed E-state index contributed by atoms with van der Waals surface area (Å²) >= 11 is 0. The lowest BCUT2D eigenvalue weighted by Crippen LogP contribution is -2.49. The number of aliphatic hydroxyl groups is 1. The third kappa shape index (κ3) is 4.79. The summed E-state index contributed by atoms with van der Waals surface area (Å²) in [6.07, 6.45) is 1.96. The van der Waals surface area contributed by atoms with Crippen molar-refractivity contribution in [3.63, 3.8) is 0 Å². The second-order valence-corrected chi connectivity index (χ2v) is 6.51. The zero-order valence-electron chi connectivity index (χ0n) is 14.1. The Hall–Kier alpha value is -2.41. The minimum absolute atomic E-state index is 0.0402. The van der Waals surface area contributed by atoms with Gasteiger partial charge in [0.1, 0.15) is 12.8 Å². The van der Waals surface area contributed by atoms with E-state index in [1.54, 1.807) is 0 Å². The van der Waals surface area contributed by atoms with Crippen LogP contribution < -0.4 is 10.6 Å². The van der Waals surface area contributed by atoms with E-state index in [1.165, 1.54) is 5.56 Å². The lowest BCUT2D eigenvalue weighted by Gasteiger charge is -2.34. The Morgan fingerprint density at radius 1 is 1.32 bits per heavy atom. The zero-order chi connectivity index (χ0) is 17.6. The number of aliphatic imine (C=N–C) groups is 1. The van der Waals surface area contributed by atoms with Gasteiger partial charge < -0.3 is 15.3 Å². The van der Waals surface area contributed by atoms with Crippen molar-refractivity contribution in [2.24, 2.45) is 10.9 Å². The van der Waals surface area contributed by atoms with Crippen molar-refractivity contribution in [2.75, 3.05) is 19.6 Å². The van der Waals surface area contributed by atoms with Crippen LogP contribution in [0.3, 0.4) is 0 Å². The topological polar surface area (TPSA) is 94.0 Å². The van der Waals surface area contributed by atoms with Crippen molar-refractivity contribution in [3.05, 3.63) is 35.9 Å². The van der Waals surface area contributed by atoms with Crippen LogP contribution in [0.15, 0.2) is 35.3 Å². The standard InChI is InChI=1S/C18H24N4O3/c23-15-12-19-18(20-15)21-17(25)14-8-10-22(11-9-14)16(24)7-6-13-4-2-1-3-5-13/h1-5,14,17,25H,6-12H2,(H2,19,20,21,23)/t17-/m1/s1. The van der Waals surface area contributed by atoms with Gasteiger partial charge in [-0.05, 0) is 24.8 Å². The van der Waals surface area contributed by atoms with Gasteiger partial charge in [-0.3, -0.25) is 14.9 Å². The Morgan fingerprint density at radius 3 is 2.68 bits per heavy atom. The number of hydrogen-bond acceptors (Lipinski definition) is 5. The van der Waals surface area contributed by atoms with E-state index in [-0.39, 0.29) is 24.3 Å². The molecule has 2 aliphatic heterocycles. The number of amides is 2. The summed E-state index contributed by atoms with van der Waals surface area (Å²) in [6.45, 7) is 1.40. The van der Waals surface area contributed by atoms with E-state index in [0.29, 0.717) is 25.5 Å². The first kappa shape index (κ1) is 17.4. The van der Waals surface area contributed by atoms with Crippen LogP contribution in [0, 0.1) is 5.92 Å². The molecular formula is C18H24N4O3. The molecule has 0 bridgehead atoms. The van der Waals surface area contributed by atoms with Gasteiger partial charge in [0, 0.05) is 25.4 Å². The maximum absolute atomic E-state index is 12.3. The average molecular weight is 344 g/mol. The fourth-order valence-corrected chi connectivity index (χ4v) is 3.22. The quantitative estimate of drug-likeness (QED) is 0.668. The van der Waals surface area contributed by atoms with Gasteiger partial charge in [-0.2, -0.15) is 0 Å². The predicted molar refractivity (Wildman–Crippen MR) is 93.7 cm³/mol. The Labute approximate surface area is 147 Å². The van der Waals surface area contributed by atoms with Crippen LogP contribution >= 0.6 is 0 Å². The third-order valence-electron chi connectivity index (χ3n) is 4.73. The summed E-state index contributed by atoms with van der Waals surface area (Å²) in [7, 11) is 0. The Balaban J connectivity index is 1.40. The van der Waals surface area contributed by atoms with E-state index in [0.717, 1.165) is 19.3 Å². The number of piperidine rings is 1. The molecule has 7 nitrogen and oxygen atoms in total. The fraction of sp³-hybridized carbons (Fsp3) is 0.500. The molecule has 1 fully saturated rings. The van der Waals surface area contributed by atoms with Crippen molar-refractivity contribution >= 4 is 17.8 Å². The molecule has 1 saturated heterocycles. The summed E-state index contributed by atoms with van der Waals surface area (Å²) in [6, 6.07) is 10.0. The SMILES string of the molecule is O=C1CN=C(N[C@H](O)C2CCN(C(=O)CCc3ccccc3)CC2)N1. The molecule has 3 rings (SSSR count). The van der Waals surface area contributed by atoms with Crippen molar-refractivity contribution in [3.8, 4) is 0 Å². The number of aliphatic hydroxyl groups excluding tert-OH is 1. The second-order valence-electron chi connectivity index (χ2n) is 6.51. The Bertz CT molecular complexity index is 639.